The first kappa shape index (κ1) is 19.9. The van der Waals surface area contributed by atoms with Crippen LogP contribution in [0.4, 0.5) is 0 Å². The number of hydrogen-bond donors (Lipinski definition) is 1. The highest BCUT2D eigenvalue weighted by Gasteiger charge is 2.12. The zero-order chi connectivity index (χ0) is 20.9. The van der Waals surface area contributed by atoms with Crippen molar-refractivity contribution in [3.63, 3.8) is 0 Å². The summed E-state index contributed by atoms with van der Waals surface area (Å²) >= 11 is 1.88. The van der Waals surface area contributed by atoms with Crippen LogP contribution in [-0.4, -0.2) is 30.5 Å². The van der Waals surface area contributed by atoms with Crippen molar-refractivity contribution in [3.05, 3.63) is 84.7 Å². The van der Waals surface area contributed by atoms with Gasteiger partial charge in [0.15, 0.2) is 11.5 Å². The lowest BCUT2D eigenvalue weighted by Crippen LogP contribution is -2.16. The summed E-state index contributed by atoms with van der Waals surface area (Å²) < 4.78 is 11.3. The molecular formula is C26H24N2O2S. The molecule has 0 amide bonds. The van der Waals surface area contributed by atoms with Crippen LogP contribution in [0.1, 0.15) is 5.56 Å². The van der Waals surface area contributed by atoms with Gasteiger partial charge in [-0.1, -0.05) is 42.5 Å². The molecule has 0 spiro atoms. The molecule has 0 bridgehead atoms. The first-order chi connectivity index (χ1) is 15.4. The second kappa shape index (κ2) is 9.41. The molecule has 0 fully saturated rings. The van der Waals surface area contributed by atoms with Crippen LogP contribution in [0.5, 0.6) is 11.5 Å². The van der Waals surface area contributed by atoms with Crippen molar-refractivity contribution in [1.29, 1.82) is 0 Å². The Hall–Kier alpha value is -3.02. The Morgan fingerprint density at radius 2 is 1.71 bits per heavy atom. The number of ether oxygens (including phenoxy) is 2. The van der Waals surface area contributed by atoms with Crippen molar-refractivity contribution in [2.24, 2.45) is 0 Å². The third-order valence-corrected chi connectivity index (χ3v) is 6.41. The van der Waals surface area contributed by atoms with Crippen LogP contribution in [-0.2, 0) is 6.54 Å². The highest BCUT2D eigenvalue weighted by Crippen LogP contribution is 2.34. The van der Waals surface area contributed by atoms with E-state index in [-0.39, 0.29) is 0 Å². The summed E-state index contributed by atoms with van der Waals surface area (Å²) in [7, 11) is 0. The quantitative estimate of drug-likeness (QED) is 0.309. The molecule has 1 N–H and O–H groups in total. The summed E-state index contributed by atoms with van der Waals surface area (Å²) in [6.45, 7) is 3.04. The van der Waals surface area contributed by atoms with Crippen molar-refractivity contribution in [3.8, 4) is 22.6 Å². The minimum atomic E-state index is 0.608. The monoisotopic (exact) mass is 428 g/mol. The number of nitrogens with one attached hydrogen (secondary N) is 1. The molecule has 0 saturated carbocycles. The topological polar surface area (TPSA) is 43.4 Å². The molecule has 0 unspecified atom stereocenters. The van der Waals surface area contributed by atoms with Gasteiger partial charge in [-0.2, -0.15) is 0 Å². The van der Waals surface area contributed by atoms with Gasteiger partial charge in [-0.3, -0.25) is 4.98 Å². The van der Waals surface area contributed by atoms with Crippen molar-refractivity contribution >= 4 is 22.5 Å². The Bertz CT molecular complexity index is 1170. The first-order valence-corrected chi connectivity index (χ1v) is 11.5. The largest absolute Gasteiger partial charge is 0.486 e. The third-order valence-electron chi connectivity index (χ3n) is 5.34. The molecule has 1 aliphatic heterocycles. The Kier molecular flexibility index (Phi) is 6.05. The summed E-state index contributed by atoms with van der Waals surface area (Å²) in [5.41, 5.74) is 3.61. The van der Waals surface area contributed by atoms with E-state index in [9.17, 15) is 0 Å². The molecule has 0 radical (unpaired) electrons. The Morgan fingerprint density at radius 1 is 0.871 bits per heavy atom. The molecule has 3 aromatic carbocycles. The van der Waals surface area contributed by atoms with E-state index in [0.29, 0.717) is 13.2 Å². The van der Waals surface area contributed by atoms with E-state index >= 15 is 0 Å². The van der Waals surface area contributed by atoms with Gasteiger partial charge in [0.1, 0.15) is 13.2 Å². The van der Waals surface area contributed by atoms with Crippen LogP contribution in [0.3, 0.4) is 0 Å². The van der Waals surface area contributed by atoms with Gasteiger partial charge in [-0.15, -0.1) is 11.8 Å². The van der Waals surface area contributed by atoms with Crippen LogP contribution >= 0.6 is 11.8 Å². The van der Waals surface area contributed by atoms with E-state index in [1.807, 2.05) is 30.2 Å². The SMILES string of the molecule is c1cc(SCCNCc2ccc(-c3ccc4c(c3)OCCO4)cc2)c2ccncc2c1. The van der Waals surface area contributed by atoms with E-state index in [1.54, 1.807) is 0 Å². The van der Waals surface area contributed by atoms with E-state index in [2.05, 4.69) is 71.0 Å². The van der Waals surface area contributed by atoms with E-state index in [0.717, 1.165) is 35.9 Å². The predicted octanol–water partition coefficient (Wildman–Crippen LogP) is 5.55. The molecule has 5 heteroatoms. The first-order valence-electron chi connectivity index (χ1n) is 10.5. The normalized spacial score (nSPS) is 12.8. The van der Waals surface area contributed by atoms with Crippen LogP contribution in [0.15, 0.2) is 84.0 Å². The summed E-state index contributed by atoms with van der Waals surface area (Å²) in [5.74, 6) is 2.68. The van der Waals surface area contributed by atoms with Crippen LogP contribution in [0.2, 0.25) is 0 Å². The lowest BCUT2D eigenvalue weighted by Gasteiger charge is -2.19. The zero-order valence-electron chi connectivity index (χ0n) is 17.2. The minimum Gasteiger partial charge on any atom is -0.486 e. The fraction of sp³-hybridized carbons (Fsp3) is 0.192. The van der Waals surface area contributed by atoms with Gasteiger partial charge >= 0.3 is 0 Å². The molecule has 1 aliphatic rings. The van der Waals surface area contributed by atoms with Crippen LogP contribution in [0.25, 0.3) is 21.9 Å². The number of aromatic nitrogens is 1. The van der Waals surface area contributed by atoms with Gasteiger partial charge in [0.25, 0.3) is 0 Å². The Morgan fingerprint density at radius 3 is 2.61 bits per heavy atom. The fourth-order valence-electron chi connectivity index (χ4n) is 3.72. The van der Waals surface area contributed by atoms with Crippen LogP contribution < -0.4 is 14.8 Å². The summed E-state index contributed by atoms with van der Waals surface area (Å²) in [4.78, 5) is 5.52. The molecule has 4 aromatic rings. The second-order valence-corrected chi connectivity index (χ2v) is 8.57. The average Bonchev–Trinajstić information content (AvgIpc) is 2.84. The van der Waals surface area contributed by atoms with Gasteiger partial charge in [0, 0.05) is 41.5 Å². The highest BCUT2D eigenvalue weighted by atomic mass is 32.2. The number of hydrogen-bond acceptors (Lipinski definition) is 5. The Labute approximate surface area is 186 Å². The molecule has 0 atom stereocenters. The molecule has 2 heterocycles. The summed E-state index contributed by atoms with van der Waals surface area (Å²) in [5, 5.41) is 6.02. The summed E-state index contributed by atoms with van der Waals surface area (Å²) in [6.07, 6.45) is 3.78. The minimum absolute atomic E-state index is 0.608. The molecule has 4 nitrogen and oxygen atoms in total. The van der Waals surface area contributed by atoms with Gasteiger partial charge in [-0.05, 0) is 46.3 Å². The number of rotatable bonds is 7. The summed E-state index contributed by atoms with van der Waals surface area (Å²) in [6, 6.07) is 23.3. The second-order valence-electron chi connectivity index (χ2n) is 7.43. The maximum Gasteiger partial charge on any atom is 0.161 e. The number of fused-ring (bicyclic) bond motifs is 2. The molecule has 0 aliphatic carbocycles. The molecule has 1 aromatic heterocycles. The van der Waals surface area contributed by atoms with Crippen molar-refractivity contribution in [2.75, 3.05) is 25.5 Å². The standard InChI is InChI=1S/C26H24N2O2S/c1-2-22-18-27-11-10-23(22)26(3-1)31-15-12-28-17-19-4-6-20(7-5-19)21-8-9-24-25(16-21)30-14-13-29-24/h1-11,16,18,28H,12-15,17H2. The number of nitrogens with zero attached hydrogens (tertiary/aromatic N) is 1. The van der Waals surface area contributed by atoms with Gasteiger partial charge in [0.2, 0.25) is 0 Å². The molecule has 5 rings (SSSR count). The highest BCUT2D eigenvalue weighted by molar-refractivity contribution is 7.99. The lowest BCUT2D eigenvalue weighted by molar-refractivity contribution is 0.171. The number of pyridine rings is 1. The smallest absolute Gasteiger partial charge is 0.161 e. The third kappa shape index (κ3) is 4.68. The number of benzene rings is 3. The number of thioether (sulfide) groups is 1. The Balaban J connectivity index is 1.13. The average molecular weight is 429 g/mol. The maximum absolute atomic E-state index is 5.70. The zero-order valence-corrected chi connectivity index (χ0v) is 18.0. The van der Waals surface area contributed by atoms with Gasteiger partial charge < -0.3 is 14.8 Å². The van der Waals surface area contributed by atoms with E-state index in [4.69, 9.17) is 9.47 Å². The molecular weight excluding hydrogens is 404 g/mol. The fourth-order valence-corrected chi connectivity index (χ4v) is 4.71. The predicted molar refractivity (Wildman–Crippen MR) is 127 cm³/mol. The molecule has 31 heavy (non-hydrogen) atoms. The van der Waals surface area contributed by atoms with E-state index in [1.165, 1.54) is 26.8 Å². The van der Waals surface area contributed by atoms with Crippen molar-refractivity contribution in [2.45, 2.75) is 11.4 Å². The lowest BCUT2D eigenvalue weighted by atomic mass is 10.0. The van der Waals surface area contributed by atoms with Gasteiger partial charge in [-0.25, -0.2) is 0 Å². The van der Waals surface area contributed by atoms with Crippen LogP contribution in [0, 0.1) is 0 Å². The molecule has 0 saturated heterocycles. The van der Waals surface area contributed by atoms with Crippen molar-refractivity contribution < 1.29 is 9.47 Å². The van der Waals surface area contributed by atoms with Crippen molar-refractivity contribution in [1.82, 2.24) is 10.3 Å². The maximum atomic E-state index is 5.70. The van der Waals surface area contributed by atoms with Gasteiger partial charge in [0.05, 0.1) is 0 Å². The molecule has 156 valence electrons. The van der Waals surface area contributed by atoms with E-state index < -0.39 is 0 Å².